The molecule has 0 aliphatic carbocycles. The summed E-state index contributed by atoms with van der Waals surface area (Å²) < 4.78 is 19.9. The number of halogens is 1. The van der Waals surface area contributed by atoms with Crippen LogP contribution in [0.25, 0.3) is 11.0 Å². The minimum atomic E-state index is -0.846. The zero-order valence-corrected chi connectivity index (χ0v) is 16.3. The first-order valence-corrected chi connectivity index (χ1v) is 9.72. The Kier molecular flexibility index (Phi) is 3.85. The Morgan fingerprint density at radius 3 is 2.66 bits per heavy atom. The molecule has 3 heterocycles. The van der Waals surface area contributed by atoms with Crippen molar-refractivity contribution in [3.05, 3.63) is 86.0 Å². The molecule has 5 rings (SSSR count). The summed E-state index contributed by atoms with van der Waals surface area (Å²) in [6.07, 6.45) is 0. The number of aryl methyl sites for hydroxylation is 2. The number of rotatable bonds is 2. The van der Waals surface area contributed by atoms with Crippen LogP contribution in [0, 0.1) is 19.7 Å². The molecule has 0 bridgehead atoms. The fourth-order valence-corrected chi connectivity index (χ4v) is 4.37. The van der Waals surface area contributed by atoms with Gasteiger partial charge in [-0.3, -0.25) is 14.5 Å². The van der Waals surface area contributed by atoms with E-state index >= 15 is 0 Å². The van der Waals surface area contributed by atoms with Crippen molar-refractivity contribution in [3.63, 3.8) is 0 Å². The predicted octanol–water partition coefficient (Wildman–Crippen LogP) is 4.15. The van der Waals surface area contributed by atoms with Gasteiger partial charge in [0.25, 0.3) is 5.91 Å². The lowest BCUT2D eigenvalue weighted by atomic mass is 9.98. The van der Waals surface area contributed by atoms with Gasteiger partial charge in [0.15, 0.2) is 5.43 Å². The zero-order chi connectivity index (χ0) is 20.3. The molecule has 2 aromatic carbocycles. The molecule has 6 nitrogen and oxygen atoms in total. The number of amides is 1. The monoisotopic (exact) mass is 407 g/mol. The Balaban J connectivity index is 1.84. The molecule has 144 valence electrons. The van der Waals surface area contributed by atoms with Gasteiger partial charge in [-0.2, -0.15) is 0 Å². The average molecular weight is 407 g/mol. The summed E-state index contributed by atoms with van der Waals surface area (Å²) in [6.45, 7) is 3.64. The van der Waals surface area contributed by atoms with Crippen LogP contribution in [0.15, 0.2) is 51.7 Å². The van der Waals surface area contributed by atoms with Gasteiger partial charge in [0.2, 0.25) is 10.9 Å². The van der Waals surface area contributed by atoms with Gasteiger partial charge in [-0.05, 0) is 43.7 Å². The molecule has 1 atom stereocenters. The first kappa shape index (κ1) is 17.7. The third-order valence-corrected chi connectivity index (χ3v) is 5.75. The second-order valence-corrected chi connectivity index (χ2v) is 8.07. The van der Waals surface area contributed by atoms with E-state index in [0.29, 0.717) is 26.7 Å². The zero-order valence-electron chi connectivity index (χ0n) is 15.5. The van der Waals surface area contributed by atoms with E-state index < -0.39 is 17.8 Å². The van der Waals surface area contributed by atoms with Crippen molar-refractivity contribution in [1.82, 2.24) is 10.2 Å². The topological polar surface area (TPSA) is 76.3 Å². The van der Waals surface area contributed by atoms with Gasteiger partial charge in [-0.1, -0.05) is 35.1 Å². The van der Waals surface area contributed by atoms with E-state index in [1.165, 1.54) is 28.4 Å². The Morgan fingerprint density at radius 2 is 1.93 bits per heavy atom. The van der Waals surface area contributed by atoms with Crippen LogP contribution in [0.5, 0.6) is 0 Å². The van der Waals surface area contributed by atoms with Gasteiger partial charge in [0, 0.05) is 0 Å². The van der Waals surface area contributed by atoms with E-state index in [-0.39, 0.29) is 16.8 Å². The summed E-state index contributed by atoms with van der Waals surface area (Å²) in [6, 6.07) is 10.2. The number of carbonyl (C=O) groups excluding carboxylic acids is 1. The smallest absolute Gasteiger partial charge is 0.297 e. The maximum atomic E-state index is 14.0. The van der Waals surface area contributed by atoms with Crippen molar-refractivity contribution < 1.29 is 13.6 Å². The second-order valence-electron chi connectivity index (χ2n) is 6.91. The van der Waals surface area contributed by atoms with Crippen molar-refractivity contribution in [2.24, 2.45) is 0 Å². The number of carbonyl (C=O) groups is 1. The lowest BCUT2D eigenvalue weighted by Gasteiger charge is -2.22. The fraction of sp³-hybridized carbons (Fsp3) is 0.143. The maximum absolute atomic E-state index is 14.0. The van der Waals surface area contributed by atoms with Gasteiger partial charge >= 0.3 is 0 Å². The Labute approximate surface area is 168 Å². The SMILES string of the molecule is Cc1ccc2oc3c(c(=O)c2c1)C(c1cccc(F)c1)N(c1nnc(C)s1)C3=O. The lowest BCUT2D eigenvalue weighted by Crippen LogP contribution is -2.29. The van der Waals surface area contributed by atoms with E-state index in [1.54, 1.807) is 31.2 Å². The molecule has 0 saturated heterocycles. The highest BCUT2D eigenvalue weighted by Gasteiger charge is 2.45. The average Bonchev–Trinajstić information content (AvgIpc) is 3.24. The number of hydrogen-bond acceptors (Lipinski definition) is 6. The Hall–Kier alpha value is -3.39. The molecular weight excluding hydrogens is 393 g/mol. The van der Waals surface area contributed by atoms with Gasteiger partial charge in [0.1, 0.15) is 16.4 Å². The third-order valence-electron chi connectivity index (χ3n) is 4.91. The highest BCUT2D eigenvalue weighted by molar-refractivity contribution is 7.15. The molecule has 0 saturated carbocycles. The third kappa shape index (κ3) is 2.67. The molecule has 0 radical (unpaired) electrons. The molecule has 0 N–H and O–H groups in total. The Bertz CT molecular complexity index is 1360. The normalized spacial score (nSPS) is 15.9. The van der Waals surface area contributed by atoms with Crippen LogP contribution in [0.3, 0.4) is 0 Å². The van der Waals surface area contributed by atoms with E-state index in [2.05, 4.69) is 10.2 Å². The molecule has 29 heavy (non-hydrogen) atoms. The molecule has 1 unspecified atom stereocenters. The molecule has 1 amide bonds. The minimum Gasteiger partial charge on any atom is -0.450 e. The highest BCUT2D eigenvalue weighted by atomic mass is 32.1. The van der Waals surface area contributed by atoms with Crippen molar-refractivity contribution in [1.29, 1.82) is 0 Å². The van der Waals surface area contributed by atoms with Crippen LogP contribution in [0.1, 0.15) is 38.3 Å². The van der Waals surface area contributed by atoms with Crippen LogP contribution in [-0.4, -0.2) is 16.1 Å². The number of benzene rings is 2. The van der Waals surface area contributed by atoms with Crippen LogP contribution in [0.4, 0.5) is 9.52 Å². The molecule has 1 aliphatic heterocycles. The van der Waals surface area contributed by atoms with E-state index in [1.807, 2.05) is 13.0 Å². The number of hydrogen-bond donors (Lipinski definition) is 0. The summed E-state index contributed by atoms with van der Waals surface area (Å²) in [4.78, 5) is 28.0. The molecule has 8 heteroatoms. The second kappa shape index (κ2) is 6.31. The number of aromatic nitrogens is 2. The molecular formula is C21H14FN3O3S. The standard InChI is InChI=1S/C21H14FN3O3S/c1-10-6-7-15-14(8-10)18(26)16-17(12-4-3-5-13(22)9-12)25(20(27)19(16)28-15)21-24-23-11(2)29-21/h3-9,17H,1-2H3. The summed E-state index contributed by atoms with van der Waals surface area (Å²) >= 11 is 1.22. The van der Waals surface area contributed by atoms with Crippen LogP contribution in [0.2, 0.25) is 0 Å². The summed E-state index contributed by atoms with van der Waals surface area (Å²) in [5.41, 5.74) is 1.57. The van der Waals surface area contributed by atoms with E-state index in [9.17, 15) is 14.0 Å². The quantitative estimate of drug-likeness (QED) is 0.499. The van der Waals surface area contributed by atoms with Crippen LogP contribution in [-0.2, 0) is 0 Å². The maximum Gasteiger partial charge on any atom is 0.297 e. The minimum absolute atomic E-state index is 0.0477. The molecule has 0 fully saturated rings. The van der Waals surface area contributed by atoms with Crippen molar-refractivity contribution in [2.45, 2.75) is 19.9 Å². The predicted molar refractivity (Wildman–Crippen MR) is 107 cm³/mol. The summed E-state index contributed by atoms with van der Waals surface area (Å²) in [5.74, 6) is -1.00. The van der Waals surface area contributed by atoms with Gasteiger partial charge in [0.05, 0.1) is 17.0 Å². The molecule has 0 spiro atoms. The molecule has 1 aliphatic rings. The largest absolute Gasteiger partial charge is 0.450 e. The number of fused-ring (bicyclic) bond motifs is 2. The first-order valence-electron chi connectivity index (χ1n) is 8.90. The van der Waals surface area contributed by atoms with Crippen molar-refractivity contribution in [2.75, 3.05) is 4.90 Å². The number of nitrogens with zero attached hydrogens (tertiary/aromatic N) is 3. The van der Waals surface area contributed by atoms with Gasteiger partial charge in [-0.25, -0.2) is 4.39 Å². The number of anilines is 1. The summed E-state index contributed by atoms with van der Waals surface area (Å²) in [5, 5.41) is 9.44. The van der Waals surface area contributed by atoms with E-state index in [4.69, 9.17) is 4.42 Å². The van der Waals surface area contributed by atoms with Crippen LogP contribution >= 0.6 is 11.3 Å². The van der Waals surface area contributed by atoms with Gasteiger partial charge < -0.3 is 4.42 Å². The first-order chi connectivity index (χ1) is 13.9. The van der Waals surface area contributed by atoms with Gasteiger partial charge in [-0.15, -0.1) is 10.2 Å². The van der Waals surface area contributed by atoms with Crippen LogP contribution < -0.4 is 10.3 Å². The van der Waals surface area contributed by atoms with Crippen molar-refractivity contribution >= 4 is 33.3 Å². The highest BCUT2D eigenvalue weighted by Crippen LogP contribution is 2.42. The molecule has 2 aromatic heterocycles. The summed E-state index contributed by atoms with van der Waals surface area (Å²) in [7, 11) is 0. The fourth-order valence-electron chi connectivity index (χ4n) is 3.66. The molecule has 4 aromatic rings. The van der Waals surface area contributed by atoms with E-state index in [0.717, 1.165) is 5.56 Å². The Morgan fingerprint density at radius 1 is 1.10 bits per heavy atom. The van der Waals surface area contributed by atoms with Crippen molar-refractivity contribution in [3.8, 4) is 0 Å². The lowest BCUT2D eigenvalue weighted by molar-refractivity contribution is 0.0970.